The molecular weight excluding hydrogens is 495 g/mol. The maximum Gasteiger partial charge on any atom is 0.193 e. The second kappa shape index (κ2) is 12.6. The number of hydrogen-bond donors (Lipinski definition) is 1. The van der Waals surface area contributed by atoms with E-state index in [9.17, 15) is 0 Å². The summed E-state index contributed by atoms with van der Waals surface area (Å²) in [6, 6.07) is 4.24. The molecule has 1 aromatic carbocycles. The molecule has 1 saturated heterocycles. The van der Waals surface area contributed by atoms with E-state index in [-0.39, 0.29) is 24.0 Å². The summed E-state index contributed by atoms with van der Waals surface area (Å²) in [7, 11) is 5.17. The van der Waals surface area contributed by atoms with Crippen LogP contribution in [0.1, 0.15) is 24.5 Å². The van der Waals surface area contributed by atoms with Crippen molar-refractivity contribution in [1.29, 1.82) is 0 Å². The van der Waals surface area contributed by atoms with Crippen LogP contribution in [0.4, 0.5) is 0 Å². The average molecular weight is 532 g/mol. The zero-order valence-corrected chi connectivity index (χ0v) is 21.1. The molecule has 0 aromatic heterocycles. The second-order valence-electron chi connectivity index (χ2n) is 7.79. The van der Waals surface area contributed by atoms with Gasteiger partial charge in [0.1, 0.15) is 0 Å². The summed E-state index contributed by atoms with van der Waals surface area (Å²) in [5.41, 5.74) is 2.68. The highest BCUT2D eigenvalue weighted by Crippen LogP contribution is 2.33. The number of aliphatic imine (C=N–C) groups is 1. The third kappa shape index (κ3) is 6.37. The first-order valence-corrected chi connectivity index (χ1v) is 10.7. The van der Waals surface area contributed by atoms with Gasteiger partial charge in [-0.25, -0.2) is 0 Å². The van der Waals surface area contributed by atoms with Crippen molar-refractivity contribution in [3.05, 3.63) is 23.3 Å². The van der Waals surface area contributed by atoms with Crippen LogP contribution in [0.25, 0.3) is 0 Å². The van der Waals surface area contributed by atoms with Crippen molar-refractivity contribution in [2.24, 2.45) is 10.9 Å². The molecule has 0 spiro atoms. The van der Waals surface area contributed by atoms with E-state index in [0.717, 1.165) is 76.3 Å². The lowest BCUT2D eigenvalue weighted by molar-refractivity contribution is 0.157. The first-order valence-electron chi connectivity index (χ1n) is 10.7. The van der Waals surface area contributed by atoms with Crippen LogP contribution in [0.5, 0.6) is 11.5 Å². The van der Waals surface area contributed by atoms with Gasteiger partial charge in [-0.05, 0) is 43.0 Å². The minimum Gasteiger partial charge on any atom is -0.493 e. The number of rotatable bonds is 8. The molecule has 30 heavy (non-hydrogen) atoms. The van der Waals surface area contributed by atoms with Gasteiger partial charge >= 0.3 is 0 Å². The summed E-state index contributed by atoms with van der Waals surface area (Å²) in [4.78, 5) is 9.75. The number of halogens is 1. The minimum absolute atomic E-state index is 0. The summed E-state index contributed by atoms with van der Waals surface area (Å²) in [6.07, 6.45) is 2.21. The Balaban J connectivity index is 0.00000320. The third-order valence-corrected chi connectivity index (χ3v) is 5.80. The molecule has 0 amide bonds. The maximum atomic E-state index is 5.47. The standard InChI is InChI=1S/C22H36N4O3.HI/c1-5-23-22(26-10-6-17(14-26)16-27-2)24-8-11-25-9-7-18-12-20(28-3)21(29-4)13-19(18)15-25;/h12-13,17H,5-11,14-16H2,1-4H3,(H,23,24);1H. The molecule has 7 nitrogen and oxygen atoms in total. The van der Waals surface area contributed by atoms with Crippen molar-refractivity contribution in [2.45, 2.75) is 26.3 Å². The Morgan fingerprint density at radius 1 is 1.13 bits per heavy atom. The number of nitrogens with one attached hydrogen (secondary N) is 1. The highest BCUT2D eigenvalue weighted by molar-refractivity contribution is 14.0. The van der Waals surface area contributed by atoms with Gasteiger partial charge in [0.05, 0.1) is 27.4 Å². The number of hydrogen-bond acceptors (Lipinski definition) is 5. The Bertz CT molecular complexity index is 701. The van der Waals surface area contributed by atoms with Gasteiger partial charge in [-0.3, -0.25) is 9.89 Å². The summed E-state index contributed by atoms with van der Waals surface area (Å²) >= 11 is 0. The average Bonchev–Trinajstić information content (AvgIpc) is 3.20. The molecule has 1 N–H and O–H groups in total. The molecule has 0 saturated carbocycles. The van der Waals surface area contributed by atoms with Crippen LogP contribution in [0.15, 0.2) is 17.1 Å². The number of guanidine groups is 1. The van der Waals surface area contributed by atoms with Gasteiger partial charge in [-0.2, -0.15) is 0 Å². The van der Waals surface area contributed by atoms with E-state index in [1.165, 1.54) is 17.5 Å². The molecule has 1 fully saturated rings. The van der Waals surface area contributed by atoms with Crippen molar-refractivity contribution in [1.82, 2.24) is 15.1 Å². The number of benzene rings is 1. The molecule has 0 bridgehead atoms. The zero-order valence-electron chi connectivity index (χ0n) is 18.8. The van der Waals surface area contributed by atoms with Crippen molar-refractivity contribution < 1.29 is 14.2 Å². The lowest BCUT2D eigenvalue weighted by atomic mass is 9.99. The molecule has 1 aromatic rings. The van der Waals surface area contributed by atoms with Gasteiger partial charge in [0, 0.05) is 52.3 Å². The quantitative estimate of drug-likeness (QED) is 0.316. The van der Waals surface area contributed by atoms with E-state index >= 15 is 0 Å². The number of nitrogens with zero attached hydrogens (tertiary/aromatic N) is 3. The Kier molecular flexibility index (Phi) is 10.5. The molecule has 1 atom stereocenters. The van der Waals surface area contributed by atoms with Gasteiger partial charge in [-0.15, -0.1) is 24.0 Å². The fourth-order valence-electron chi connectivity index (χ4n) is 4.25. The summed E-state index contributed by atoms with van der Waals surface area (Å²) in [6.45, 7) is 9.67. The van der Waals surface area contributed by atoms with Crippen LogP contribution in [0.2, 0.25) is 0 Å². The van der Waals surface area contributed by atoms with E-state index in [2.05, 4.69) is 34.2 Å². The molecular formula is C22H37IN4O3. The summed E-state index contributed by atoms with van der Waals surface area (Å²) < 4.78 is 16.2. The van der Waals surface area contributed by atoms with Gasteiger partial charge < -0.3 is 24.4 Å². The van der Waals surface area contributed by atoms with Crippen LogP contribution in [-0.2, 0) is 17.7 Å². The van der Waals surface area contributed by atoms with Crippen LogP contribution in [0.3, 0.4) is 0 Å². The van der Waals surface area contributed by atoms with Crippen molar-refractivity contribution >= 4 is 29.9 Å². The molecule has 2 aliphatic rings. The summed E-state index contributed by atoms with van der Waals surface area (Å²) in [5, 5.41) is 3.45. The lowest BCUT2D eigenvalue weighted by Crippen LogP contribution is -2.41. The normalized spacial score (nSPS) is 19.3. The van der Waals surface area contributed by atoms with Gasteiger partial charge in [0.15, 0.2) is 17.5 Å². The lowest BCUT2D eigenvalue weighted by Gasteiger charge is -2.29. The molecule has 3 rings (SSSR count). The summed E-state index contributed by atoms with van der Waals surface area (Å²) in [5.74, 6) is 3.27. The van der Waals surface area contributed by atoms with Crippen molar-refractivity contribution in [3.63, 3.8) is 0 Å². The fourth-order valence-corrected chi connectivity index (χ4v) is 4.25. The minimum atomic E-state index is 0. The monoisotopic (exact) mass is 532 g/mol. The smallest absolute Gasteiger partial charge is 0.193 e. The van der Waals surface area contributed by atoms with E-state index in [1.807, 2.05) is 0 Å². The van der Waals surface area contributed by atoms with E-state index in [4.69, 9.17) is 19.2 Å². The molecule has 170 valence electrons. The molecule has 8 heteroatoms. The molecule has 0 radical (unpaired) electrons. The Labute approximate surface area is 198 Å². The predicted octanol–water partition coefficient (Wildman–Crippen LogP) is 2.61. The Morgan fingerprint density at radius 2 is 1.87 bits per heavy atom. The Hall–Kier alpha value is -1.26. The van der Waals surface area contributed by atoms with E-state index in [0.29, 0.717) is 5.92 Å². The van der Waals surface area contributed by atoms with Crippen molar-refractivity contribution in [3.8, 4) is 11.5 Å². The molecule has 1 unspecified atom stereocenters. The second-order valence-corrected chi connectivity index (χ2v) is 7.79. The van der Waals surface area contributed by atoms with Crippen LogP contribution in [-0.4, -0.2) is 83.0 Å². The van der Waals surface area contributed by atoms with E-state index in [1.54, 1.807) is 21.3 Å². The number of fused-ring (bicyclic) bond motifs is 1. The zero-order chi connectivity index (χ0) is 20.6. The van der Waals surface area contributed by atoms with Gasteiger partial charge in [0.25, 0.3) is 0 Å². The number of methoxy groups -OCH3 is 3. The largest absolute Gasteiger partial charge is 0.493 e. The number of ether oxygens (including phenoxy) is 3. The first kappa shape index (κ1) is 25.0. The number of likely N-dealkylation sites (tertiary alicyclic amines) is 1. The highest BCUT2D eigenvalue weighted by atomic mass is 127. The fraction of sp³-hybridized carbons (Fsp3) is 0.682. The van der Waals surface area contributed by atoms with Crippen LogP contribution >= 0.6 is 24.0 Å². The molecule has 0 aliphatic carbocycles. The van der Waals surface area contributed by atoms with Gasteiger partial charge in [0.2, 0.25) is 0 Å². The third-order valence-electron chi connectivity index (χ3n) is 5.80. The van der Waals surface area contributed by atoms with Crippen LogP contribution < -0.4 is 14.8 Å². The van der Waals surface area contributed by atoms with Crippen molar-refractivity contribution in [2.75, 3.05) is 67.2 Å². The van der Waals surface area contributed by atoms with E-state index < -0.39 is 0 Å². The maximum absolute atomic E-state index is 5.47. The molecule has 2 aliphatic heterocycles. The molecule has 2 heterocycles. The van der Waals surface area contributed by atoms with Crippen LogP contribution in [0, 0.1) is 5.92 Å². The Morgan fingerprint density at radius 3 is 2.53 bits per heavy atom. The SMILES string of the molecule is CCNC(=NCCN1CCc2cc(OC)c(OC)cc2C1)N1CCC(COC)C1.I. The topological polar surface area (TPSA) is 58.6 Å². The predicted molar refractivity (Wildman–Crippen MR) is 131 cm³/mol. The van der Waals surface area contributed by atoms with Gasteiger partial charge in [-0.1, -0.05) is 0 Å². The first-order chi connectivity index (χ1) is 14.2. The highest BCUT2D eigenvalue weighted by Gasteiger charge is 2.25.